The smallest absolute Gasteiger partial charge is 0.287 e. The third-order valence-electron chi connectivity index (χ3n) is 6.81. The van der Waals surface area contributed by atoms with E-state index in [1.165, 1.54) is 38.6 Å². The second kappa shape index (κ2) is 14.2. The molecule has 0 bridgehead atoms. The Hall–Kier alpha value is -4.51. The first kappa shape index (κ1) is 29.5. The molecular formula is C30H35N3O8. The fourth-order valence-electron chi connectivity index (χ4n) is 4.71. The van der Waals surface area contributed by atoms with Crippen LogP contribution < -0.4 is 24.8 Å². The molecule has 11 nitrogen and oxygen atoms in total. The number of ether oxygens (including phenoxy) is 4. The van der Waals surface area contributed by atoms with Crippen LogP contribution in [0.25, 0.3) is 0 Å². The predicted octanol–water partition coefficient (Wildman–Crippen LogP) is 3.10. The van der Waals surface area contributed by atoms with Gasteiger partial charge in [0.1, 0.15) is 11.8 Å². The largest absolute Gasteiger partial charge is 0.496 e. The highest BCUT2D eigenvalue weighted by molar-refractivity contribution is 5.95. The molecule has 1 fully saturated rings. The van der Waals surface area contributed by atoms with E-state index in [0.29, 0.717) is 41.5 Å². The predicted molar refractivity (Wildman–Crippen MR) is 149 cm³/mol. The number of nitrogens with zero attached hydrogens (tertiary/aromatic N) is 1. The van der Waals surface area contributed by atoms with E-state index in [0.717, 1.165) is 12.8 Å². The summed E-state index contributed by atoms with van der Waals surface area (Å²) in [7, 11) is 4.55. The Morgan fingerprint density at radius 3 is 2.41 bits per heavy atom. The molecule has 4 rings (SSSR count). The van der Waals surface area contributed by atoms with Crippen LogP contribution in [0.5, 0.6) is 17.2 Å². The van der Waals surface area contributed by atoms with Crippen molar-refractivity contribution in [1.82, 2.24) is 15.5 Å². The van der Waals surface area contributed by atoms with Crippen molar-refractivity contribution in [3.05, 3.63) is 77.7 Å². The van der Waals surface area contributed by atoms with Gasteiger partial charge < -0.3 is 38.9 Å². The van der Waals surface area contributed by atoms with E-state index in [4.69, 9.17) is 23.4 Å². The molecular weight excluding hydrogens is 530 g/mol. The van der Waals surface area contributed by atoms with Crippen molar-refractivity contribution in [2.24, 2.45) is 0 Å². The molecule has 2 heterocycles. The highest BCUT2D eigenvalue weighted by Gasteiger charge is 2.34. The Morgan fingerprint density at radius 2 is 1.73 bits per heavy atom. The molecule has 11 heteroatoms. The minimum Gasteiger partial charge on any atom is -0.496 e. The summed E-state index contributed by atoms with van der Waals surface area (Å²) in [4.78, 5) is 41.7. The first-order valence-electron chi connectivity index (χ1n) is 13.3. The summed E-state index contributed by atoms with van der Waals surface area (Å²) in [6, 6.07) is 14.3. The summed E-state index contributed by atoms with van der Waals surface area (Å²) < 4.78 is 27.2. The number of carbonyl (C=O) groups excluding carboxylic acids is 3. The zero-order valence-corrected chi connectivity index (χ0v) is 23.4. The van der Waals surface area contributed by atoms with Crippen LogP contribution in [0.2, 0.25) is 0 Å². The highest BCUT2D eigenvalue weighted by Crippen LogP contribution is 2.34. The lowest BCUT2D eigenvalue weighted by atomic mass is 10.0. The van der Waals surface area contributed by atoms with Crippen molar-refractivity contribution >= 4 is 17.7 Å². The molecule has 2 atom stereocenters. The Morgan fingerprint density at radius 1 is 0.951 bits per heavy atom. The van der Waals surface area contributed by atoms with Crippen LogP contribution in [0.4, 0.5) is 0 Å². The fourth-order valence-corrected chi connectivity index (χ4v) is 4.71. The molecule has 3 amide bonds. The topological polar surface area (TPSA) is 129 Å². The summed E-state index contributed by atoms with van der Waals surface area (Å²) >= 11 is 0. The van der Waals surface area contributed by atoms with Crippen LogP contribution in [0.1, 0.15) is 40.6 Å². The van der Waals surface area contributed by atoms with Crippen LogP contribution in [-0.4, -0.2) is 69.8 Å². The van der Waals surface area contributed by atoms with E-state index >= 15 is 0 Å². The van der Waals surface area contributed by atoms with E-state index in [2.05, 4.69) is 10.6 Å². The van der Waals surface area contributed by atoms with Crippen LogP contribution in [0, 0.1) is 0 Å². The second-order valence-corrected chi connectivity index (χ2v) is 9.39. The summed E-state index contributed by atoms with van der Waals surface area (Å²) in [6.45, 7) is 0.589. The fraction of sp³-hybridized carbons (Fsp3) is 0.367. The van der Waals surface area contributed by atoms with Gasteiger partial charge in [-0.1, -0.05) is 24.3 Å². The molecule has 0 aliphatic carbocycles. The van der Waals surface area contributed by atoms with Gasteiger partial charge in [0.25, 0.3) is 5.91 Å². The number of furan rings is 1. The first-order valence-corrected chi connectivity index (χ1v) is 13.3. The van der Waals surface area contributed by atoms with Crippen molar-refractivity contribution < 1.29 is 37.7 Å². The maximum atomic E-state index is 13.9. The van der Waals surface area contributed by atoms with Gasteiger partial charge in [-0.3, -0.25) is 14.4 Å². The van der Waals surface area contributed by atoms with E-state index in [1.54, 1.807) is 30.3 Å². The van der Waals surface area contributed by atoms with Crippen LogP contribution in [0.3, 0.4) is 0 Å². The molecule has 1 aromatic heterocycles. The second-order valence-electron chi connectivity index (χ2n) is 9.39. The van der Waals surface area contributed by atoms with Crippen molar-refractivity contribution in [3.8, 4) is 17.2 Å². The number of hydrogen-bond donors (Lipinski definition) is 2. The number of amides is 3. The lowest BCUT2D eigenvalue weighted by molar-refractivity contribution is -0.141. The first-order chi connectivity index (χ1) is 19.9. The molecule has 2 N–H and O–H groups in total. The lowest BCUT2D eigenvalue weighted by Crippen LogP contribution is -2.48. The number of methoxy groups -OCH3 is 3. The number of nitrogens with one attached hydrogen (secondary N) is 2. The maximum Gasteiger partial charge on any atom is 0.287 e. The summed E-state index contributed by atoms with van der Waals surface area (Å²) in [6.07, 6.45) is 3.03. The average Bonchev–Trinajstić information content (AvgIpc) is 3.73. The Labute approximate surface area is 238 Å². The van der Waals surface area contributed by atoms with E-state index in [-0.39, 0.29) is 25.0 Å². The number of rotatable bonds is 13. The quantitative estimate of drug-likeness (QED) is 0.324. The number of para-hydroxylation sites is 1. The van der Waals surface area contributed by atoms with Gasteiger partial charge in [0, 0.05) is 18.7 Å². The van der Waals surface area contributed by atoms with Gasteiger partial charge in [0.2, 0.25) is 11.8 Å². The zero-order chi connectivity index (χ0) is 29.2. The average molecular weight is 566 g/mol. The zero-order valence-electron chi connectivity index (χ0n) is 23.4. The van der Waals surface area contributed by atoms with Gasteiger partial charge in [-0.2, -0.15) is 0 Å². The minimum absolute atomic E-state index is 0.0197. The minimum atomic E-state index is -1.09. The van der Waals surface area contributed by atoms with Gasteiger partial charge in [-0.15, -0.1) is 0 Å². The molecule has 1 saturated heterocycles. The van der Waals surface area contributed by atoms with Gasteiger partial charge in [0.15, 0.2) is 17.3 Å². The van der Waals surface area contributed by atoms with Crippen LogP contribution in [-0.2, 0) is 20.9 Å². The Balaban J connectivity index is 1.70. The van der Waals surface area contributed by atoms with Gasteiger partial charge in [-0.05, 0) is 48.7 Å². The maximum absolute atomic E-state index is 13.9. The standard InChI is InChI=1S/C30H35N3O8/c1-37-23-10-5-4-8-21(23)19-33(27(34)18-32-29(35)25-11-7-15-41-25)28(30(36)31-17-22-9-6-14-40-22)20-12-13-24(38-2)26(16-20)39-3/h4-5,7-8,10-13,15-16,22,28H,6,9,14,17-19H2,1-3H3,(H,31,36)(H,32,35)/t22-,28+/m0/s1. The molecule has 2 aromatic carbocycles. The van der Waals surface area contributed by atoms with Gasteiger partial charge >= 0.3 is 0 Å². The Bertz CT molecular complexity index is 1320. The molecule has 0 saturated carbocycles. The van der Waals surface area contributed by atoms with Crippen molar-refractivity contribution in [3.63, 3.8) is 0 Å². The van der Waals surface area contributed by atoms with Crippen LogP contribution in [0.15, 0.2) is 65.3 Å². The molecule has 0 radical (unpaired) electrons. The van der Waals surface area contributed by atoms with Crippen molar-refractivity contribution in [1.29, 1.82) is 0 Å². The van der Waals surface area contributed by atoms with E-state index in [1.807, 2.05) is 18.2 Å². The van der Waals surface area contributed by atoms with Crippen molar-refractivity contribution in [2.75, 3.05) is 41.0 Å². The molecule has 218 valence electrons. The third kappa shape index (κ3) is 7.37. The summed E-state index contributed by atoms with van der Waals surface area (Å²) in [5, 5.41) is 5.55. The molecule has 1 aliphatic heterocycles. The van der Waals surface area contributed by atoms with E-state index < -0.39 is 23.8 Å². The molecule has 0 spiro atoms. The lowest BCUT2D eigenvalue weighted by Gasteiger charge is -2.32. The van der Waals surface area contributed by atoms with Gasteiger partial charge in [0.05, 0.1) is 46.8 Å². The van der Waals surface area contributed by atoms with Gasteiger partial charge in [-0.25, -0.2) is 0 Å². The van der Waals surface area contributed by atoms with Crippen LogP contribution >= 0.6 is 0 Å². The number of hydrogen-bond acceptors (Lipinski definition) is 8. The third-order valence-corrected chi connectivity index (χ3v) is 6.81. The van der Waals surface area contributed by atoms with Crippen molar-refractivity contribution in [2.45, 2.75) is 31.5 Å². The normalized spacial score (nSPS) is 15.0. The molecule has 3 aromatic rings. The summed E-state index contributed by atoms with van der Waals surface area (Å²) in [5.41, 5.74) is 1.17. The molecule has 41 heavy (non-hydrogen) atoms. The molecule has 1 aliphatic rings. The summed E-state index contributed by atoms with van der Waals surface area (Å²) in [5.74, 6) is 0.0404. The highest BCUT2D eigenvalue weighted by atomic mass is 16.5. The number of carbonyl (C=O) groups is 3. The SMILES string of the molecule is COc1ccccc1CN(C(=O)CNC(=O)c1ccco1)[C@@H](C(=O)NC[C@@H]1CCCO1)c1ccc(OC)c(OC)c1. The molecule has 0 unspecified atom stereocenters. The van der Waals surface area contributed by atoms with E-state index in [9.17, 15) is 14.4 Å². The number of benzene rings is 2. The monoisotopic (exact) mass is 565 g/mol. The Kier molecular flexibility index (Phi) is 10.2.